The molecule has 2 amide bonds. The largest absolute Gasteiger partial charge is 0.364 e. The number of hydrogen-bond donors (Lipinski definition) is 2. The molecule has 0 saturated heterocycles. The fourth-order valence-corrected chi connectivity index (χ4v) is 3.22. The van der Waals surface area contributed by atoms with E-state index in [0.717, 1.165) is 31.5 Å². The number of nitrogens with zero attached hydrogens (tertiary/aromatic N) is 1. The smallest absolute Gasteiger partial charge is 0.315 e. The van der Waals surface area contributed by atoms with Crippen LogP contribution in [0.25, 0.3) is 0 Å². The minimum Gasteiger partial charge on any atom is -0.364 e. The van der Waals surface area contributed by atoms with Crippen molar-refractivity contribution in [2.24, 2.45) is 0 Å². The first-order valence-corrected chi connectivity index (χ1v) is 8.34. The van der Waals surface area contributed by atoms with Gasteiger partial charge in [0.1, 0.15) is 0 Å². The van der Waals surface area contributed by atoms with E-state index in [1.807, 2.05) is 0 Å². The maximum Gasteiger partial charge on any atom is 0.315 e. The summed E-state index contributed by atoms with van der Waals surface area (Å²) in [4.78, 5) is 14.3. The fraction of sp³-hybridized carbons (Fsp3) is 0.500. The summed E-state index contributed by atoms with van der Waals surface area (Å²) in [5, 5.41) is 6.07. The minimum atomic E-state index is -0.0415. The molecular formula is C18H25N3O. The van der Waals surface area contributed by atoms with E-state index in [0.29, 0.717) is 12.6 Å². The van der Waals surface area contributed by atoms with Crippen LogP contribution < -0.4 is 15.5 Å². The van der Waals surface area contributed by atoms with Gasteiger partial charge in [0.2, 0.25) is 0 Å². The van der Waals surface area contributed by atoms with Crippen molar-refractivity contribution < 1.29 is 4.79 Å². The van der Waals surface area contributed by atoms with E-state index in [-0.39, 0.29) is 6.03 Å². The number of carbonyl (C=O) groups excluding carboxylic acids is 1. The molecule has 1 aliphatic carbocycles. The number of amides is 2. The first kappa shape index (κ1) is 14.9. The lowest BCUT2D eigenvalue weighted by atomic mass is 9.96. The third-order valence-corrected chi connectivity index (χ3v) is 4.49. The van der Waals surface area contributed by atoms with Gasteiger partial charge in [-0.05, 0) is 30.5 Å². The minimum absolute atomic E-state index is 0.0415. The highest BCUT2D eigenvalue weighted by atomic mass is 16.2. The first-order valence-electron chi connectivity index (χ1n) is 8.34. The van der Waals surface area contributed by atoms with Gasteiger partial charge >= 0.3 is 6.03 Å². The van der Waals surface area contributed by atoms with Crippen LogP contribution in [-0.4, -0.2) is 25.2 Å². The van der Waals surface area contributed by atoms with Gasteiger partial charge in [-0.2, -0.15) is 0 Å². The van der Waals surface area contributed by atoms with E-state index >= 15 is 0 Å². The van der Waals surface area contributed by atoms with E-state index < -0.39 is 0 Å². The lowest BCUT2D eigenvalue weighted by Crippen LogP contribution is -2.42. The molecular weight excluding hydrogens is 274 g/mol. The normalized spacial score (nSPS) is 18.5. The fourth-order valence-electron chi connectivity index (χ4n) is 3.22. The van der Waals surface area contributed by atoms with Gasteiger partial charge in [0.15, 0.2) is 0 Å². The molecule has 2 N–H and O–H groups in total. The Balaban J connectivity index is 1.48. The predicted molar refractivity (Wildman–Crippen MR) is 90.0 cm³/mol. The van der Waals surface area contributed by atoms with Crippen LogP contribution in [0.4, 0.5) is 10.5 Å². The van der Waals surface area contributed by atoms with Gasteiger partial charge < -0.3 is 15.5 Å². The van der Waals surface area contributed by atoms with Gasteiger partial charge in [0.05, 0.1) is 0 Å². The molecule has 1 saturated carbocycles. The maximum absolute atomic E-state index is 12.0. The lowest BCUT2D eigenvalue weighted by molar-refractivity contribution is 0.232. The molecule has 1 aromatic rings. The molecule has 0 unspecified atom stereocenters. The second-order valence-electron chi connectivity index (χ2n) is 6.21. The van der Waals surface area contributed by atoms with E-state index in [9.17, 15) is 4.79 Å². The van der Waals surface area contributed by atoms with Gasteiger partial charge in [-0.3, -0.25) is 0 Å². The van der Waals surface area contributed by atoms with Gasteiger partial charge in [-0.1, -0.05) is 43.5 Å². The topological polar surface area (TPSA) is 44.4 Å². The highest BCUT2D eigenvalue weighted by Gasteiger charge is 2.15. The Hall–Kier alpha value is -1.97. The highest BCUT2D eigenvalue weighted by Crippen LogP contribution is 2.19. The number of nitrogens with one attached hydrogen (secondary N) is 2. The average Bonchev–Trinajstić information content (AvgIpc) is 3.09. The molecule has 0 bridgehead atoms. The molecule has 1 aromatic carbocycles. The van der Waals surface area contributed by atoms with Crippen molar-refractivity contribution in [1.29, 1.82) is 0 Å². The standard InChI is InChI=1S/C18H25N3O/c22-18(20-16-8-2-1-3-9-16)19-14-15-7-6-10-17(13-15)21-11-4-5-12-21/h4-7,10,13,16H,1-3,8-9,11-12,14H2,(H2,19,20,22). The maximum atomic E-state index is 12.0. The second kappa shape index (κ2) is 7.34. The molecule has 118 valence electrons. The first-order chi connectivity index (χ1) is 10.8. The molecule has 0 aromatic heterocycles. The molecule has 0 atom stereocenters. The van der Waals surface area contributed by atoms with E-state index in [1.165, 1.54) is 24.9 Å². The number of carbonyl (C=O) groups is 1. The third-order valence-electron chi connectivity index (χ3n) is 4.49. The van der Waals surface area contributed by atoms with Crippen LogP contribution in [0.15, 0.2) is 36.4 Å². The number of benzene rings is 1. The Labute approximate surface area is 132 Å². The molecule has 4 nitrogen and oxygen atoms in total. The zero-order valence-electron chi connectivity index (χ0n) is 13.1. The molecule has 0 spiro atoms. The van der Waals surface area contributed by atoms with Crippen molar-refractivity contribution in [3.05, 3.63) is 42.0 Å². The van der Waals surface area contributed by atoms with E-state index in [2.05, 4.69) is 52.0 Å². The number of urea groups is 1. The summed E-state index contributed by atoms with van der Waals surface area (Å²) in [5.41, 5.74) is 2.36. The zero-order chi connectivity index (χ0) is 15.2. The number of hydrogen-bond acceptors (Lipinski definition) is 2. The zero-order valence-corrected chi connectivity index (χ0v) is 13.1. The summed E-state index contributed by atoms with van der Waals surface area (Å²) in [6, 6.07) is 8.72. The Morgan fingerprint density at radius 2 is 1.91 bits per heavy atom. The Morgan fingerprint density at radius 3 is 2.68 bits per heavy atom. The average molecular weight is 299 g/mol. The van der Waals surface area contributed by atoms with Crippen LogP contribution >= 0.6 is 0 Å². The number of anilines is 1. The van der Waals surface area contributed by atoms with Crippen molar-refractivity contribution in [2.75, 3.05) is 18.0 Å². The van der Waals surface area contributed by atoms with Crippen LogP contribution in [0.5, 0.6) is 0 Å². The summed E-state index contributed by atoms with van der Waals surface area (Å²) in [6.07, 6.45) is 10.4. The van der Waals surface area contributed by atoms with Gasteiger partial charge in [0, 0.05) is 31.4 Å². The predicted octanol–water partition coefficient (Wildman–Crippen LogP) is 3.19. The highest BCUT2D eigenvalue weighted by molar-refractivity contribution is 5.74. The lowest BCUT2D eigenvalue weighted by Gasteiger charge is -2.23. The van der Waals surface area contributed by atoms with E-state index in [1.54, 1.807) is 0 Å². The van der Waals surface area contributed by atoms with E-state index in [4.69, 9.17) is 0 Å². The Bertz CT molecular complexity index is 527. The molecule has 2 aliphatic rings. The van der Waals surface area contributed by atoms with Crippen molar-refractivity contribution in [1.82, 2.24) is 10.6 Å². The van der Waals surface area contributed by atoms with Crippen LogP contribution in [0, 0.1) is 0 Å². The van der Waals surface area contributed by atoms with Crippen LogP contribution in [0.3, 0.4) is 0 Å². The molecule has 3 rings (SSSR count). The van der Waals surface area contributed by atoms with Crippen LogP contribution in [0.1, 0.15) is 37.7 Å². The molecule has 0 radical (unpaired) electrons. The van der Waals surface area contributed by atoms with Crippen LogP contribution in [-0.2, 0) is 6.54 Å². The summed E-state index contributed by atoms with van der Waals surface area (Å²) >= 11 is 0. The third kappa shape index (κ3) is 4.03. The number of rotatable bonds is 4. The van der Waals surface area contributed by atoms with Gasteiger partial charge in [0.25, 0.3) is 0 Å². The summed E-state index contributed by atoms with van der Waals surface area (Å²) in [6.45, 7) is 2.52. The summed E-state index contributed by atoms with van der Waals surface area (Å²) in [7, 11) is 0. The van der Waals surface area contributed by atoms with Crippen molar-refractivity contribution in [3.8, 4) is 0 Å². The van der Waals surface area contributed by atoms with Gasteiger partial charge in [-0.15, -0.1) is 0 Å². The van der Waals surface area contributed by atoms with Crippen LogP contribution in [0.2, 0.25) is 0 Å². The molecule has 1 fully saturated rings. The molecule has 1 heterocycles. The quantitative estimate of drug-likeness (QED) is 0.839. The summed E-state index contributed by atoms with van der Waals surface area (Å²) < 4.78 is 0. The molecule has 4 heteroatoms. The monoisotopic (exact) mass is 299 g/mol. The second-order valence-corrected chi connectivity index (χ2v) is 6.21. The molecule has 1 aliphatic heterocycles. The van der Waals surface area contributed by atoms with Crippen molar-refractivity contribution >= 4 is 11.7 Å². The SMILES string of the molecule is O=C(NCc1cccc(N2CC=CC2)c1)NC1CCCCC1. The van der Waals surface area contributed by atoms with Crippen molar-refractivity contribution in [3.63, 3.8) is 0 Å². The summed E-state index contributed by atoms with van der Waals surface area (Å²) in [5.74, 6) is 0. The Morgan fingerprint density at radius 1 is 1.14 bits per heavy atom. The Kier molecular flexibility index (Phi) is 4.99. The molecule has 22 heavy (non-hydrogen) atoms. The van der Waals surface area contributed by atoms with Crippen molar-refractivity contribution in [2.45, 2.75) is 44.7 Å². The van der Waals surface area contributed by atoms with Gasteiger partial charge in [-0.25, -0.2) is 4.79 Å².